The van der Waals surface area contributed by atoms with Crippen molar-refractivity contribution in [1.29, 1.82) is 0 Å². The van der Waals surface area contributed by atoms with E-state index in [2.05, 4.69) is 35.8 Å². The predicted octanol–water partition coefficient (Wildman–Crippen LogP) is 2.21. The lowest BCUT2D eigenvalue weighted by molar-refractivity contribution is -0.560. The fourth-order valence-corrected chi connectivity index (χ4v) is 1.91. The maximum Gasteiger partial charge on any atom is 0.333 e. The lowest BCUT2D eigenvalue weighted by Crippen LogP contribution is -2.18. The molecule has 14 heavy (non-hydrogen) atoms. The van der Waals surface area contributed by atoms with Gasteiger partial charge in [-0.1, -0.05) is 30.3 Å². The Kier molecular flexibility index (Phi) is 2.53. The molecule has 0 spiro atoms. The van der Waals surface area contributed by atoms with Crippen LogP contribution >= 0.6 is 0 Å². The lowest BCUT2D eigenvalue weighted by atomic mass is 10.1. The predicted molar refractivity (Wildman–Crippen MR) is 56.6 cm³/mol. The van der Waals surface area contributed by atoms with Gasteiger partial charge in [-0.25, -0.2) is 0 Å². The first-order chi connectivity index (χ1) is 6.79. The van der Waals surface area contributed by atoms with Crippen molar-refractivity contribution in [1.82, 2.24) is 0 Å². The zero-order valence-electron chi connectivity index (χ0n) is 8.73. The Hall–Kier alpha value is -1.31. The maximum atomic E-state index is 5.45. The second-order valence-corrected chi connectivity index (χ2v) is 3.65. The summed E-state index contributed by atoms with van der Waals surface area (Å²) in [6.07, 6.45) is 0. The number of hydrogen-bond acceptors (Lipinski definition) is 1. The van der Waals surface area contributed by atoms with Crippen LogP contribution in [0.4, 0.5) is 0 Å². The summed E-state index contributed by atoms with van der Waals surface area (Å²) in [5.74, 6) is 1.04. The number of nitrogens with zero attached hydrogens (tertiary/aromatic N) is 1. The Labute approximate surface area is 84.8 Å². The molecule has 0 amide bonds. The van der Waals surface area contributed by atoms with Gasteiger partial charge in [-0.05, 0) is 0 Å². The minimum Gasteiger partial charge on any atom is -0.442 e. The van der Waals surface area contributed by atoms with Crippen molar-refractivity contribution in [2.24, 2.45) is 0 Å². The maximum absolute atomic E-state index is 5.45. The third-order valence-electron chi connectivity index (χ3n) is 2.80. The van der Waals surface area contributed by atoms with Gasteiger partial charge in [0, 0.05) is 12.5 Å². The standard InChI is InChI=1S/C12H16NO/c1-10(12-6-4-3-5-7-12)13-8-9-14-11(13)2/h3-7,10H,8-9H2,1-2H3/q+1. The molecule has 1 aromatic rings. The molecule has 0 radical (unpaired) electrons. The molecule has 1 heterocycles. The normalized spacial score (nSPS) is 18.1. The first-order valence-electron chi connectivity index (χ1n) is 5.07. The summed E-state index contributed by atoms with van der Waals surface area (Å²) in [6.45, 7) is 6.07. The van der Waals surface area contributed by atoms with Gasteiger partial charge < -0.3 is 4.74 Å². The van der Waals surface area contributed by atoms with Crippen LogP contribution in [-0.2, 0) is 4.74 Å². The zero-order chi connectivity index (χ0) is 9.97. The number of benzene rings is 1. The SMILES string of the molecule is CC1=[N+](C(C)c2ccccc2)CCO1. The van der Waals surface area contributed by atoms with E-state index in [1.165, 1.54) is 5.56 Å². The van der Waals surface area contributed by atoms with Crippen LogP contribution in [0.1, 0.15) is 25.5 Å². The molecule has 2 nitrogen and oxygen atoms in total. The van der Waals surface area contributed by atoms with Gasteiger partial charge in [0.15, 0.2) is 19.2 Å². The minimum atomic E-state index is 0.415. The summed E-state index contributed by atoms with van der Waals surface area (Å²) < 4.78 is 7.75. The molecule has 0 saturated heterocycles. The van der Waals surface area contributed by atoms with Gasteiger partial charge >= 0.3 is 5.90 Å². The van der Waals surface area contributed by atoms with Crippen LogP contribution in [0.15, 0.2) is 30.3 Å². The highest BCUT2D eigenvalue weighted by Crippen LogP contribution is 2.18. The Morgan fingerprint density at radius 2 is 2.00 bits per heavy atom. The van der Waals surface area contributed by atoms with Crippen molar-refractivity contribution in [3.05, 3.63) is 35.9 Å². The second kappa shape index (κ2) is 3.82. The molecular formula is C12H16NO+. The van der Waals surface area contributed by atoms with Gasteiger partial charge in [0.2, 0.25) is 0 Å². The van der Waals surface area contributed by atoms with Gasteiger partial charge in [0.25, 0.3) is 0 Å². The van der Waals surface area contributed by atoms with Crippen LogP contribution in [0, 0.1) is 0 Å². The highest BCUT2D eigenvalue weighted by Gasteiger charge is 2.26. The first-order valence-corrected chi connectivity index (χ1v) is 5.07. The van der Waals surface area contributed by atoms with E-state index in [9.17, 15) is 0 Å². The molecule has 0 N–H and O–H groups in total. The van der Waals surface area contributed by atoms with Gasteiger partial charge in [-0.15, -0.1) is 0 Å². The van der Waals surface area contributed by atoms with Gasteiger partial charge in [-0.2, -0.15) is 4.58 Å². The van der Waals surface area contributed by atoms with Crippen LogP contribution in [0.3, 0.4) is 0 Å². The third kappa shape index (κ3) is 1.65. The molecule has 2 heteroatoms. The van der Waals surface area contributed by atoms with Crippen LogP contribution in [0.2, 0.25) is 0 Å². The summed E-state index contributed by atoms with van der Waals surface area (Å²) in [6, 6.07) is 11.0. The Balaban J connectivity index is 2.24. The summed E-state index contributed by atoms with van der Waals surface area (Å²) >= 11 is 0. The third-order valence-corrected chi connectivity index (χ3v) is 2.80. The van der Waals surface area contributed by atoms with Crippen molar-refractivity contribution in [3.8, 4) is 0 Å². The number of ether oxygens (including phenoxy) is 1. The molecule has 0 aromatic heterocycles. The van der Waals surface area contributed by atoms with Crippen molar-refractivity contribution in [2.45, 2.75) is 19.9 Å². The van der Waals surface area contributed by atoms with Crippen molar-refractivity contribution < 1.29 is 9.31 Å². The largest absolute Gasteiger partial charge is 0.442 e. The summed E-state index contributed by atoms with van der Waals surface area (Å²) in [4.78, 5) is 0. The van der Waals surface area contributed by atoms with Crippen LogP contribution in [0.5, 0.6) is 0 Å². The van der Waals surface area contributed by atoms with E-state index in [0.717, 1.165) is 19.0 Å². The number of hydrogen-bond donors (Lipinski definition) is 0. The number of rotatable bonds is 2. The lowest BCUT2D eigenvalue weighted by Gasteiger charge is -2.07. The topological polar surface area (TPSA) is 12.2 Å². The molecule has 0 fully saturated rings. The monoisotopic (exact) mass is 190 g/mol. The molecule has 74 valence electrons. The summed E-state index contributed by atoms with van der Waals surface area (Å²) in [7, 11) is 0. The molecule has 0 aliphatic carbocycles. The molecule has 1 atom stereocenters. The van der Waals surface area contributed by atoms with E-state index in [1.807, 2.05) is 13.0 Å². The highest BCUT2D eigenvalue weighted by atomic mass is 16.5. The van der Waals surface area contributed by atoms with Gasteiger partial charge in [0.05, 0.1) is 6.92 Å². The van der Waals surface area contributed by atoms with Crippen molar-refractivity contribution in [3.63, 3.8) is 0 Å². The molecule has 1 unspecified atom stereocenters. The average Bonchev–Trinajstić information content (AvgIpc) is 2.65. The average molecular weight is 190 g/mol. The Morgan fingerprint density at radius 1 is 1.29 bits per heavy atom. The van der Waals surface area contributed by atoms with E-state index in [-0.39, 0.29) is 0 Å². The molecule has 1 aromatic carbocycles. The van der Waals surface area contributed by atoms with Crippen LogP contribution < -0.4 is 0 Å². The Bertz CT molecular complexity index is 343. The van der Waals surface area contributed by atoms with E-state index in [4.69, 9.17) is 4.74 Å². The fourth-order valence-electron chi connectivity index (χ4n) is 1.91. The van der Waals surface area contributed by atoms with Crippen LogP contribution in [0.25, 0.3) is 0 Å². The zero-order valence-corrected chi connectivity index (χ0v) is 8.73. The van der Waals surface area contributed by atoms with Gasteiger partial charge in [0.1, 0.15) is 0 Å². The first kappa shape index (κ1) is 9.25. The van der Waals surface area contributed by atoms with E-state index in [1.54, 1.807) is 0 Å². The molecule has 0 saturated carbocycles. The Morgan fingerprint density at radius 3 is 2.57 bits per heavy atom. The van der Waals surface area contributed by atoms with E-state index in [0.29, 0.717) is 6.04 Å². The molecular weight excluding hydrogens is 174 g/mol. The minimum absolute atomic E-state index is 0.415. The summed E-state index contributed by atoms with van der Waals surface area (Å²) in [5, 5.41) is 0. The quantitative estimate of drug-likeness (QED) is 0.651. The smallest absolute Gasteiger partial charge is 0.333 e. The highest BCUT2D eigenvalue weighted by molar-refractivity contribution is 5.68. The molecule has 1 aliphatic heterocycles. The molecule has 0 bridgehead atoms. The fraction of sp³-hybridized carbons (Fsp3) is 0.417. The van der Waals surface area contributed by atoms with E-state index >= 15 is 0 Å². The van der Waals surface area contributed by atoms with Crippen molar-refractivity contribution in [2.75, 3.05) is 13.2 Å². The van der Waals surface area contributed by atoms with Crippen molar-refractivity contribution >= 4 is 5.90 Å². The van der Waals surface area contributed by atoms with E-state index < -0.39 is 0 Å². The van der Waals surface area contributed by atoms with Gasteiger partial charge in [-0.3, -0.25) is 0 Å². The summed E-state index contributed by atoms with van der Waals surface area (Å²) in [5.41, 5.74) is 1.34. The second-order valence-electron chi connectivity index (χ2n) is 3.65. The van der Waals surface area contributed by atoms with Crippen LogP contribution in [-0.4, -0.2) is 23.6 Å². The molecule has 2 rings (SSSR count). The molecule has 1 aliphatic rings.